The van der Waals surface area contributed by atoms with Crippen LogP contribution in [0.4, 0.5) is 0 Å². The molecular formula is C76H123N11O30. The number of nitrogens with zero attached hydrogens (tertiary/aromatic N) is 7. The number of aliphatic hydroxyl groups is 12. The van der Waals surface area contributed by atoms with E-state index in [-0.39, 0.29) is 206 Å². The zero-order valence-electron chi connectivity index (χ0n) is 66.0. The summed E-state index contributed by atoms with van der Waals surface area (Å²) in [5.74, 6) is -15.1. The molecule has 0 fully saturated rings. The Kier molecular flexibility index (Phi) is 50.1. The van der Waals surface area contributed by atoms with Gasteiger partial charge in [0.15, 0.2) is 0 Å². The largest absolute Gasteiger partial charge is 0.481 e. The lowest BCUT2D eigenvalue weighted by Gasteiger charge is -2.37. The van der Waals surface area contributed by atoms with Crippen molar-refractivity contribution in [3.05, 3.63) is 59.2 Å². The van der Waals surface area contributed by atoms with Crippen LogP contribution in [0.15, 0.2) is 36.4 Å². The van der Waals surface area contributed by atoms with Crippen LogP contribution < -0.4 is 21.3 Å². The Balaban J connectivity index is 0.000000606. The molecule has 4 bridgehead atoms. The molecule has 0 radical (unpaired) electrons. The van der Waals surface area contributed by atoms with Gasteiger partial charge in [-0.25, -0.2) is 0 Å². The van der Waals surface area contributed by atoms with Crippen molar-refractivity contribution in [1.29, 1.82) is 0 Å². The lowest BCUT2D eigenvalue weighted by molar-refractivity contribution is -0.147. The molecule has 41 nitrogen and oxygen atoms in total. The predicted molar refractivity (Wildman–Crippen MR) is 411 cm³/mol. The lowest BCUT2D eigenvalue weighted by atomic mass is 9.82. The number of nitrogens with one attached hydrogen (secondary N) is 4. The maximum Gasteiger partial charge on any atom is 0.320 e. The molecule has 22 N–H and O–H groups in total. The second-order valence-electron chi connectivity index (χ2n) is 29.3. The van der Waals surface area contributed by atoms with Crippen LogP contribution in [0, 0.1) is 29.6 Å². The molecule has 10 atom stereocenters. The summed E-state index contributed by atoms with van der Waals surface area (Å²) in [6, 6.07) is 4.26. The van der Waals surface area contributed by atoms with Crippen molar-refractivity contribution in [2.45, 2.75) is 190 Å². The molecule has 41 heteroatoms. The van der Waals surface area contributed by atoms with Crippen LogP contribution in [-0.2, 0) is 83.7 Å². The summed E-state index contributed by atoms with van der Waals surface area (Å²) in [5.41, 5.74) is 1.77. The average molecular weight is 1670 g/mol. The van der Waals surface area contributed by atoms with Crippen molar-refractivity contribution < 1.29 is 149 Å². The number of aliphatic carboxylic acids is 6. The van der Waals surface area contributed by atoms with E-state index in [2.05, 4.69) is 26.3 Å². The van der Waals surface area contributed by atoms with Crippen LogP contribution in [0.3, 0.4) is 0 Å². The summed E-state index contributed by atoms with van der Waals surface area (Å²) in [6.07, 6.45) is -3.32. The molecule has 0 aromatic carbocycles. The van der Waals surface area contributed by atoms with E-state index in [1.807, 2.05) is 0 Å². The van der Waals surface area contributed by atoms with Crippen molar-refractivity contribution in [2.75, 3.05) is 125 Å². The maximum absolute atomic E-state index is 12.9. The summed E-state index contributed by atoms with van der Waals surface area (Å²) >= 11 is 0. The number of ketones is 2. The summed E-state index contributed by atoms with van der Waals surface area (Å²) in [4.78, 5) is 169. The Bertz CT molecular complexity index is 3220. The number of pyridine rings is 2. The standard InChI is InChI=1S/C39H64N6O15.C37H59N5O15/c46-20-26(21-47)34(52)11-2-1-8-32(38(57)58)44-16-14-43(31(37(55)56)9-4-12-40-35(53)27(22-48)23-49)15-17-45(19-30-7-3-6-29(18-44)42-30)33(39(59)60)10-5-13-41-36(54)28(24-50)25-51;43-20-27(47)5-4-26(46)6-8-31(36(54)55)41-14-12-23(30(35(52)53)7-10-33(50)38-16-28(48)21-44)13-15-42(19-25-3-1-2-24(18-41)40-25)32(37(56)57)9-11-34(51)39-17-29(49)22-45/h3,6-7,26-28,31-33,46-51H,1-2,4-5,8-25H2,(H,40,53)(H,41,54)(H,55,56)(H,57,58)(H,59,60);1-3,23,27-32,43-45,47-49H,4-22H2,(H,38,50)(H,39,51)(H,52,53)(H,54,55)(H,56,57). The third kappa shape index (κ3) is 38.5. The van der Waals surface area contributed by atoms with Crippen molar-refractivity contribution >= 4 is 71.0 Å². The second kappa shape index (κ2) is 56.9. The first-order chi connectivity index (χ1) is 55.8. The normalized spacial score (nSPS) is 17.4. The van der Waals surface area contributed by atoms with Crippen LogP contribution in [-0.4, -0.2) is 371 Å². The Hall–Kier alpha value is -8.34. The Morgan fingerprint density at radius 1 is 0.350 bits per heavy atom. The number of Topliss-reactive ketones (excluding diaryl/α,β-unsaturated/α-hetero) is 2. The molecule has 10 unspecified atom stereocenters. The van der Waals surface area contributed by atoms with E-state index in [9.17, 15) is 134 Å². The van der Waals surface area contributed by atoms with E-state index >= 15 is 0 Å². The Morgan fingerprint density at radius 3 is 1.05 bits per heavy atom. The third-order valence-corrected chi connectivity index (χ3v) is 20.7. The number of carboxylic acid groups (broad SMARTS) is 6. The highest BCUT2D eigenvalue weighted by Crippen LogP contribution is 2.30. The topological polar surface area (TPSA) is 659 Å². The number of hydrogen-bond acceptors (Lipinski definition) is 31. The quantitative estimate of drug-likeness (QED) is 0.0275. The molecule has 662 valence electrons. The smallest absolute Gasteiger partial charge is 0.320 e. The number of unbranched alkanes of at least 4 members (excludes halogenated alkanes) is 1. The fraction of sp³-hybridized carbons (Fsp3) is 0.711. The molecule has 2 aromatic heterocycles. The lowest BCUT2D eigenvalue weighted by Crippen LogP contribution is -2.52. The highest BCUT2D eigenvalue weighted by atomic mass is 16.4. The van der Waals surface area contributed by atoms with E-state index in [1.54, 1.807) is 60.9 Å². The van der Waals surface area contributed by atoms with Gasteiger partial charge in [-0.15, -0.1) is 0 Å². The number of carbonyl (C=O) groups excluding carboxylic acids is 6. The molecule has 4 rings (SSSR count). The maximum atomic E-state index is 12.9. The number of hydrogen-bond donors (Lipinski definition) is 22. The van der Waals surface area contributed by atoms with Gasteiger partial charge in [0.05, 0.1) is 124 Å². The summed E-state index contributed by atoms with van der Waals surface area (Å²) in [6.45, 7) is -5.35. The number of amides is 4. The fourth-order valence-electron chi connectivity index (χ4n) is 13.7. The van der Waals surface area contributed by atoms with E-state index < -0.39 is 197 Å². The molecule has 4 heterocycles. The minimum absolute atomic E-state index is 0.00580. The van der Waals surface area contributed by atoms with E-state index in [0.29, 0.717) is 35.6 Å². The van der Waals surface area contributed by atoms with Gasteiger partial charge >= 0.3 is 35.8 Å². The number of aliphatic hydroxyl groups excluding tert-OH is 12. The third-order valence-electron chi connectivity index (χ3n) is 20.7. The number of aromatic nitrogens is 2. The van der Waals surface area contributed by atoms with Gasteiger partial charge < -0.3 is 113 Å². The van der Waals surface area contributed by atoms with Gasteiger partial charge in [-0.05, 0) is 120 Å². The van der Waals surface area contributed by atoms with Gasteiger partial charge in [0.1, 0.15) is 41.8 Å². The zero-order valence-corrected chi connectivity index (χ0v) is 66.0. The minimum atomic E-state index is -1.26. The van der Waals surface area contributed by atoms with Crippen LogP contribution in [0.1, 0.15) is 138 Å². The fourth-order valence-corrected chi connectivity index (χ4v) is 13.7. The minimum Gasteiger partial charge on any atom is -0.481 e. The predicted octanol–water partition coefficient (Wildman–Crippen LogP) is -5.23. The van der Waals surface area contributed by atoms with Gasteiger partial charge in [-0.3, -0.25) is 92.0 Å². The van der Waals surface area contributed by atoms with Gasteiger partial charge in [-0.2, -0.15) is 0 Å². The number of rotatable bonds is 53. The molecule has 2 aromatic rings. The molecule has 2 aliphatic heterocycles. The first kappa shape index (κ1) is 103. The molecule has 0 spiro atoms. The van der Waals surface area contributed by atoms with Crippen molar-refractivity contribution in [3.63, 3.8) is 0 Å². The summed E-state index contributed by atoms with van der Waals surface area (Å²) in [7, 11) is 0. The monoisotopic (exact) mass is 1670 g/mol. The van der Waals surface area contributed by atoms with E-state index in [1.165, 1.54) is 0 Å². The van der Waals surface area contributed by atoms with Gasteiger partial charge in [0.2, 0.25) is 23.6 Å². The first-order valence-corrected chi connectivity index (χ1v) is 39.4. The molecule has 117 heavy (non-hydrogen) atoms. The SMILES string of the molecule is O=C(CCC(O)CO)CCC(C(=O)O)N1CCC(C(CCC(=O)NCC(O)CO)C(=O)O)CCN(C(CCC(=O)NCC(O)CO)C(=O)O)Cc2cccc(n2)C1.O=C(CCCCC(C(=O)O)N1CCN(C(CCCNC(=O)C(CO)CO)C(=O)O)CCN(C(CCCNC(=O)C(CO)CO)C(=O)O)Cc2cccc(n2)C1)C(CO)CO. The van der Waals surface area contributed by atoms with Crippen molar-refractivity contribution in [3.8, 4) is 0 Å². The summed E-state index contributed by atoms with van der Waals surface area (Å²) in [5, 5.41) is 184. The van der Waals surface area contributed by atoms with E-state index in [0.717, 1.165) is 0 Å². The summed E-state index contributed by atoms with van der Waals surface area (Å²) < 4.78 is 0. The molecule has 0 aliphatic carbocycles. The van der Waals surface area contributed by atoms with Crippen molar-refractivity contribution in [1.82, 2.24) is 55.7 Å². The molecular weight excluding hydrogens is 1550 g/mol. The molecule has 0 saturated heterocycles. The van der Waals surface area contributed by atoms with Crippen molar-refractivity contribution in [2.24, 2.45) is 29.6 Å². The number of fused-ring (bicyclic) bond motifs is 4. The molecule has 4 amide bonds. The zero-order chi connectivity index (χ0) is 87.1. The molecule has 2 aliphatic rings. The van der Waals surface area contributed by atoms with Crippen LogP contribution in [0.25, 0.3) is 0 Å². The number of carboxylic acids is 6. The van der Waals surface area contributed by atoms with Crippen LogP contribution in [0.5, 0.6) is 0 Å². The van der Waals surface area contributed by atoms with E-state index in [4.69, 9.17) is 20.3 Å². The highest BCUT2D eigenvalue weighted by molar-refractivity contribution is 5.83. The van der Waals surface area contributed by atoms with Crippen LogP contribution >= 0.6 is 0 Å². The van der Waals surface area contributed by atoms with Gasteiger partial charge in [0, 0.05) is 111 Å². The number of carbonyl (C=O) groups is 12. The molecule has 0 saturated carbocycles. The Labute approximate surface area is 677 Å². The van der Waals surface area contributed by atoms with Gasteiger partial charge in [0.25, 0.3) is 0 Å². The van der Waals surface area contributed by atoms with Gasteiger partial charge in [-0.1, -0.05) is 18.6 Å². The first-order valence-electron chi connectivity index (χ1n) is 39.4. The van der Waals surface area contributed by atoms with Crippen LogP contribution in [0.2, 0.25) is 0 Å². The second-order valence-corrected chi connectivity index (χ2v) is 29.3. The Morgan fingerprint density at radius 2 is 0.684 bits per heavy atom. The highest BCUT2D eigenvalue weighted by Gasteiger charge is 2.38. The average Bonchev–Trinajstić information content (AvgIpc) is 0.839.